The van der Waals surface area contributed by atoms with Gasteiger partial charge in [-0.1, -0.05) is 39.6 Å². The normalized spacial score (nSPS) is 22.8. The van der Waals surface area contributed by atoms with Crippen molar-refractivity contribution in [1.29, 1.82) is 0 Å². The Morgan fingerprint density at radius 3 is 2.07 bits per heavy atom. The quantitative estimate of drug-likeness (QED) is 0.646. The van der Waals surface area contributed by atoms with E-state index in [1.54, 1.807) is 0 Å². The molecule has 1 aliphatic rings. The second-order valence-corrected chi connectivity index (χ2v) is 4.74. The van der Waals surface area contributed by atoms with Gasteiger partial charge in [-0.05, 0) is 19.7 Å². The molecular weight excluding hydrogens is 191 g/mol. The average Bonchev–Trinajstić information content (AvgIpc) is 2.49. The van der Waals surface area contributed by atoms with Crippen LogP contribution in [0.1, 0.15) is 5.56 Å². The first-order chi connectivity index (χ1) is 6.65. The summed E-state index contributed by atoms with van der Waals surface area (Å²) in [5.41, 5.74) is 1.34. The molecule has 0 N–H and O–H groups in total. The summed E-state index contributed by atoms with van der Waals surface area (Å²) < 4.78 is 0. The van der Waals surface area contributed by atoms with Crippen molar-refractivity contribution in [2.24, 2.45) is 0 Å². The Kier molecular flexibility index (Phi) is 2.61. The molecule has 1 aliphatic heterocycles. The molecule has 0 aromatic heterocycles. The molecule has 0 amide bonds. The molecule has 0 saturated carbocycles. The minimum Gasteiger partial charge on any atom is -0.280 e. The maximum Gasteiger partial charge on any atom is 0.113 e. The van der Waals surface area contributed by atoms with E-state index in [0.29, 0.717) is 0 Å². The Morgan fingerprint density at radius 1 is 1.07 bits per heavy atom. The van der Waals surface area contributed by atoms with Crippen LogP contribution < -0.4 is 0 Å². The van der Waals surface area contributed by atoms with Crippen LogP contribution in [0.2, 0.25) is 0 Å². The van der Waals surface area contributed by atoms with E-state index >= 15 is 0 Å². The van der Waals surface area contributed by atoms with Gasteiger partial charge in [0.2, 0.25) is 0 Å². The molecular formula is C11H17N2P. The molecule has 1 aromatic carbocycles. The molecule has 0 spiro atoms. The van der Waals surface area contributed by atoms with Gasteiger partial charge in [-0.25, -0.2) is 0 Å². The van der Waals surface area contributed by atoms with Gasteiger partial charge >= 0.3 is 0 Å². The number of hydrogen-bond acceptors (Lipinski definition) is 2. The Bertz CT molecular complexity index is 302. The van der Waals surface area contributed by atoms with E-state index < -0.39 is 0 Å². The lowest BCUT2D eigenvalue weighted by atomic mass is 10.1. The molecule has 1 unspecified atom stereocenters. The highest BCUT2D eigenvalue weighted by atomic mass is 31.0. The second kappa shape index (κ2) is 3.62. The van der Waals surface area contributed by atoms with Gasteiger partial charge in [-0.2, -0.15) is 0 Å². The Hall–Kier alpha value is -0.430. The van der Waals surface area contributed by atoms with Crippen LogP contribution in [0.4, 0.5) is 0 Å². The molecule has 14 heavy (non-hydrogen) atoms. The average molecular weight is 208 g/mol. The van der Waals surface area contributed by atoms with E-state index in [4.69, 9.17) is 0 Å². The Balaban J connectivity index is 2.40. The van der Waals surface area contributed by atoms with Crippen molar-refractivity contribution in [3.8, 4) is 0 Å². The van der Waals surface area contributed by atoms with Crippen LogP contribution in [0.3, 0.4) is 0 Å². The molecule has 76 valence electrons. The monoisotopic (exact) mass is 208 g/mol. The van der Waals surface area contributed by atoms with Gasteiger partial charge in [0.15, 0.2) is 0 Å². The molecule has 2 rings (SSSR count). The Labute approximate surface area is 88.1 Å². The van der Waals surface area contributed by atoms with Crippen LogP contribution >= 0.6 is 9.24 Å². The molecule has 1 atom stereocenters. The fourth-order valence-corrected chi connectivity index (χ4v) is 2.51. The third-order valence-corrected chi connectivity index (χ3v) is 4.35. The maximum atomic E-state index is 2.98. The standard InChI is InChI=1S/C11H17N2P/c1-12-8-9-13(2)11(12,14)10-6-4-3-5-7-10/h3-7H,8-9,14H2,1-2H3. The van der Waals surface area contributed by atoms with Crippen LogP contribution in [0.25, 0.3) is 0 Å². The Morgan fingerprint density at radius 2 is 1.57 bits per heavy atom. The van der Waals surface area contributed by atoms with E-state index in [2.05, 4.69) is 63.5 Å². The summed E-state index contributed by atoms with van der Waals surface area (Å²) in [5, 5.41) is -0.0126. The summed E-state index contributed by atoms with van der Waals surface area (Å²) in [5.74, 6) is 0. The second-order valence-electron chi connectivity index (χ2n) is 3.94. The third-order valence-electron chi connectivity index (χ3n) is 3.13. The summed E-state index contributed by atoms with van der Waals surface area (Å²) in [4.78, 5) is 4.74. The zero-order valence-electron chi connectivity index (χ0n) is 8.77. The van der Waals surface area contributed by atoms with Crippen molar-refractivity contribution in [2.75, 3.05) is 27.2 Å². The van der Waals surface area contributed by atoms with Gasteiger partial charge in [0.25, 0.3) is 0 Å². The van der Waals surface area contributed by atoms with Crippen LogP contribution in [-0.4, -0.2) is 37.0 Å². The smallest absolute Gasteiger partial charge is 0.113 e. The van der Waals surface area contributed by atoms with Gasteiger partial charge in [0.05, 0.1) is 0 Å². The summed E-state index contributed by atoms with van der Waals surface area (Å²) in [7, 11) is 7.32. The molecule has 0 aliphatic carbocycles. The predicted octanol–water partition coefficient (Wildman–Crippen LogP) is 1.55. The molecule has 1 fully saturated rings. The molecule has 0 bridgehead atoms. The highest BCUT2D eigenvalue weighted by Crippen LogP contribution is 2.40. The molecule has 3 heteroatoms. The summed E-state index contributed by atoms with van der Waals surface area (Å²) in [6, 6.07) is 10.6. The van der Waals surface area contributed by atoms with Crippen molar-refractivity contribution in [1.82, 2.24) is 9.80 Å². The first-order valence-electron chi connectivity index (χ1n) is 4.92. The fourth-order valence-electron chi connectivity index (χ4n) is 2.06. The first-order valence-corrected chi connectivity index (χ1v) is 5.50. The van der Waals surface area contributed by atoms with Crippen LogP contribution in [-0.2, 0) is 5.40 Å². The highest BCUT2D eigenvalue weighted by molar-refractivity contribution is 7.18. The lowest BCUT2D eigenvalue weighted by Crippen LogP contribution is -2.41. The van der Waals surface area contributed by atoms with Crippen molar-refractivity contribution in [2.45, 2.75) is 5.40 Å². The fraction of sp³-hybridized carbons (Fsp3) is 0.455. The van der Waals surface area contributed by atoms with E-state index in [9.17, 15) is 0 Å². The molecule has 0 radical (unpaired) electrons. The van der Waals surface area contributed by atoms with Crippen molar-refractivity contribution >= 4 is 9.24 Å². The van der Waals surface area contributed by atoms with Gasteiger partial charge in [-0.15, -0.1) is 0 Å². The zero-order chi connectivity index (χ0) is 10.2. The van der Waals surface area contributed by atoms with Crippen LogP contribution in [0.15, 0.2) is 30.3 Å². The number of benzene rings is 1. The lowest BCUT2D eigenvalue weighted by molar-refractivity contribution is 0.148. The summed E-state index contributed by atoms with van der Waals surface area (Å²) >= 11 is 0. The van der Waals surface area contributed by atoms with Crippen LogP contribution in [0, 0.1) is 0 Å². The summed E-state index contributed by atoms with van der Waals surface area (Å²) in [6.45, 7) is 2.24. The zero-order valence-corrected chi connectivity index (χ0v) is 9.93. The van der Waals surface area contributed by atoms with Gasteiger partial charge in [0, 0.05) is 13.1 Å². The van der Waals surface area contributed by atoms with Gasteiger partial charge in [-0.3, -0.25) is 9.80 Å². The van der Waals surface area contributed by atoms with Gasteiger partial charge in [0.1, 0.15) is 5.40 Å². The summed E-state index contributed by atoms with van der Waals surface area (Å²) in [6.07, 6.45) is 0. The molecule has 2 nitrogen and oxygen atoms in total. The predicted molar refractivity (Wildman–Crippen MR) is 63.1 cm³/mol. The molecule has 1 heterocycles. The molecule has 1 saturated heterocycles. The minimum absolute atomic E-state index is 0.0126. The third kappa shape index (κ3) is 1.38. The highest BCUT2D eigenvalue weighted by Gasteiger charge is 2.40. The van der Waals surface area contributed by atoms with Crippen molar-refractivity contribution in [3.63, 3.8) is 0 Å². The maximum absolute atomic E-state index is 2.98. The molecule has 1 aromatic rings. The number of rotatable bonds is 1. The number of likely N-dealkylation sites (N-methyl/N-ethyl adjacent to an activating group) is 2. The number of hydrogen-bond donors (Lipinski definition) is 0. The largest absolute Gasteiger partial charge is 0.280 e. The van der Waals surface area contributed by atoms with Crippen LogP contribution in [0.5, 0.6) is 0 Å². The van der Waals surface area contributed by atoms with E-state index in [1.165, 1.54) is 5.56 Å². The van der Waals surface area contributed by atoms with E-state index in [1.807, 2.05) is 0 Å². The van der Waals surface area contributed by atoms with Crippen molar-refractivity contribution < 1.29 is 0 Å². The van der Waals surface area contributed by atoms with E-state index in [0.717, 1.165) is 13.1 Å². The van der Waals surface area contributed by atoms with Crippen molar-refractivity contribution in [3.05, 3.63) is 35.9 Å². The SMILES string of the molecule is CN1CCN(C)C1(P)c1ccccc1. The van der Waals surface area contributed by atoms with Gasteiger partial charge < -0.3 is 0 Å². The topological polar surface area (TPSA) is 6.48 Å². The first kappa shape index (κ1) is 10.1. The minimum atomic E-state index is -0.0126. The lowest BCUT2D eigenvalue weighted by Gasteiger charge is -2.37. The number of nitrogens with zero attached hydrogens (tertiary/aromatic N) is 2. The van der Waals surface area contributed by atoms with E-state index in [-0.39, 0.29) is 5.40 Å².